The highest BCUT2D eigenvalue weighted by Gasteiger charge is 2.34. The van der Waals surface area contributed by atoms with Gasteiger partial charge in [-0.2, -0.15) is 5.48 Å². The van der Waals surface area contributed by atoms with E-state index in [1.165, 1.54) is 30.4 Å². The molecule has 0 aromatic heterocycles. The number of nitrogens with one attached hydrogen (secondary N) is 4. The Morgan fingerprint density at radius 3 is 2.78 bits per heavy atom. The average molecular weight is 315 g/mol. The predicted octanol–water partition coefficient (Wildman–Crippen LogP) is 1.03. The molecule has 2 aliphatic heterocycles. The fraction of sp³-hybridized carbons (Fsp3) is 0.588. The predicted molar refractivity (Wildman–Crippen MR) is 89.7 cm³/mol. The summed E-state index contributed by atoms with van der Waals surface area (Å²) in [5, 5.41) is 10.2. The number of hydroxylamine groups is 1. The maximum Gasteiger partial charge on any atom is 0.134 e. The first kappa shape index (κ1) is 15.1. The number of hydrogen-bond acceptors (Lipinski definition) is 6. The van der Waals surface area contributed by atoms with E-state index in [1.807, 2.05) is 0 Å². The highest BCUT2D eigenvalue weighted by Crippen LogP contribution is 2.32. The van der Waals surface area contributed by atoms with Crippen LogP contribution in [0.25, 0.3) is 0 Å². The van der Waals surface area contributed by atoms with Crippen molar-refractivity contribution in [2.45, 2.75) is 38.2 Å². The molecule has 124 valence electrons. The first-order valence-electron chi connectivity index (χ1n) is 8.62. The second-order valence-corrected chi connectivity index (χ2v) is 6.55. The highest BCUT2D eigenvalue weighted by molar-refractivity contribution is 5.84. The van der Waals surface area contributed by atoms with Crippen LogP contribution in [0.4, 0.5) is 0 Å². The zero-order valence-electron chi connectivity index (χ0n) is 13.3. The van der Waals surface area contributed by atoms with E-state index in [4.69, 9.17) is 4.84 Å². The van der Waals surface area contributed by atoms with Gasteiger partial charge in [0.15, 0.2) is 0 Å². The Labute approximate surface area is 137 Å². The molecule has 1 saturated heterocycles. The minimum absolute atomic E-state index is 0.0922. The summed E-state index contributed by atoms with van der Waals surface area (Å²) in [6.07, 6.45) is 4.13. The maximum atomic E-state index is 5.68. The summed E-state index contributed by atoms with van der Waals surface area (Å²) in [6, 6.07) is 8.66. The first-order valence-corrected chi connectivity index (χ1v) is 8.62. The van der Waals surface area contributed by atoms with Crippen molar-refractivity contribution in [3.8, 4) is 0 Å². The van der Waals surface area contributed by atoms with Crippen molar-refractivity contribution in [2.75, 3.05) is 19.6 Å². The topological polar surface area (TPSA) is 69.7 Å². The van der Waals surface area contributed by atoms with Crippen molar-refractivity contribution < 1.29 is 4.84 Å². The zero-order valence-corrected chi connectivity index (χ0v) is 13.3. The zero-order chi connectivity index (χ0) is 15.5. The molecule has 0 spiro atoms. The molecule has 2 atom stereocenters. The van der Waals surface area contributed by atoms with Crippen LogP contribution >= 0.6 is 0 Å². The normalized spacial score (nSPS) is 28.3. The second kappa shape index (κ2) is 6.97. The highest BCUT2D eigenvalue weighted by atomic mass is 16.7. The summed E-state index contributed by atoms with van der Waals surface area (Å²) < 4.78 is 0. The Balaban J connectivity index is 1.30. The number of hydrogen-bond donors (Lipinski definition) is 4. The first-order chi connectivity index (χ1) is 11.4. The Hall–Kier alpha value is -1.47. The molecule has 6 heteroatoms. The summed E-state index contributed by atoms with van der Waals surface area (Å²) in [5.41, 5.74) is 5.60. The fourth-order valence-electron chi connectivity index (χ4n) is 3.20. The smallest absolute Gasteiger partial charge is 0.134 e. The van der Waals surface area contributed by atoms with Crippen LogP contribution in [0.15, 0.2) is 29.3 Å². The molecule has 1 aromatic rings. The van der Waals surface area contributed by atoms with Crippen LogP contribution in [0, 0.1) is 5.92 Å². The molecule has 0 bridgehead atoms. The van der Waals surface area contributed by atoms with Gasteiger partial charge in [0.1, 0.15) is 18.2 Å². The van der Waals surface area contributed by atoms with Crippen molar-refractivity contribution in [1.82, 2.24) is 21.4 Å². The van der Waals surface area contributed by atoms with Crippen molar-refractivity contribution in [3.05, 3.63) is 35.4 Å². The van der Waals surface area contributed by atoms with E-state index in [9.17, 15) is 0 Å². The minimum atomic E-state index is 0.0922. The number of aliphatic imine (C=N–C) groups is 1. The van der Waals surface area contributed by atoms with Crippen LogP contribution in [-0.4, -0.2) is 31.7 Å². The van der Waals surface area contributed by atoms with E-state index in [0.29, 0.717) is 5.92 Å². The standard InChI is InChI=1S/C17H25N5O/c1-2-14(3-1)17-21-16(22-23-17)13-6-4-12(5-7-13)10-20-15-11-18-8-9-19-15/h4-7,14,16-18,21-22H,1-3,8-11H2,(H,19,20). The van der Waals surface area contributed by atoms with E-state index in [1.54, 1.807) is 0 Å². The lowest BCUT2D eigenvalue weighted by molar-refractivity contribution is -0.0319. The number of benzene rings is 1. The summed E-state index contributed by atoms with van der Waals surface area (Å²) in [7, 11) is 0. The fourth-order valence-corrected chi connectivity index (χ4v) is 3.20. The van der Waals surface area contributed by atoms with Crippen LogP contribution in [-0.2, 0) is 11.4 Å². The van der Waals surface area contributed by atoms with Gasteiger partial charge in [0, 0.05) is 19.0 Å². The molecular formula is C17H25N5O. The van der Waals surface area contributed by atoms with Gasteiger partial charge in [-0.25, -0.2) is 0 Å². The van der Waals surface area contributed by atoms with Crippen LogP contribution < -0.4 is 21.4 Å². The molecule has 1 aromatic carbocycles. The molecule has 2 fully saturated rings. The number of nitrogens with zero attached hydrogens (tertiary/aromatic N) is 1. The molecule has 0 amide bonds. The van der Waals surface area contributed by atoms with Crippen LogP contribution in [0.5, 0.6) is 0 Å². The molecule has 0 radical (unpaired) electrons. The van der Waals surface area contributed by atoms with Crippen molar-refractivity contribution >= 4 is 5.84 Å². The van der Waals surface area contributed by atoms with Gasteiger partial charge in [0.2, 0.25) is 0 Å². The number of amidine groups is 1. The molecule has 2 heterocycles. The van der Waals surface area contributed by atoms with Crippen molar-refractivity contribution in [3.63, 3.8) is 0 Å². The lowest BCUT2D eigenvalue weighted by atomic mass is 9.84. The van der Waals surface area contributed by atoms with Crippen molar-refractivity contribution in [2.24, 2.45) is 10.9 Å². The van der Waals surface area contributed by atoms with Gasteiger partial charge < -0.3 is 10.6 Å². The molecule has 2 unspecified atom stereocenters. The third-order valence-electron chi connectivity index (χ3n) is 4.92. The van der Waals surface area contributed by atoms with Gasteiger partial charge in [-0.1, -0.05) is 30.7 Å². The van der Waals surface area contributed by atoms with Gasteiger partial charge in [0.25, 0.3) is 0 Å². The van der Waals surface area contributed by atoms with Gasteiger partial charge >= 0.3 is 0 Å². The second-order valence-electron chi connectivity index (χ2n) is 6.55. The largest absolute Gasteiger partial charge is 0.369 e. The lowest BCUT2D eigenvalue weighted by Crippen LogP contribution is -2.38. The lowest BCUT2D eigenvalue weighted by Gasteiger charge is -2.29. The third kappa shape index (κ3) is 3.55. The van der Waals surface area contributed by atoms with Gasteiger partial charge in [-0.15, -0.1) is 0 Å². The molecular weight excluding hydrogens is 290 g/mol. The summed E-state index contributed by atoms with van der Waals surface area (Å²) in [4.78, 5) is 10.2. The summed E-state index contributed by atoms with van der Waals surface area (Å²) >= 11 is 0. The van der Waals surface area contributed by atoms with Gasteiger partial charge in [-0.05, 0) is 24.0 Å². The Morgan fingerprint density at radius 1 is 1.22 bits per heavy atom. The van der Waals surface area contributed by atoms with E-state index in [-0.39, 0.29) is 12.4 Å². The molecule has 4 rings (SSSR count). The van der Waals surface area contributed by atoms with Gasteiger partial charge in [0.05, 0.1) is 13.1 Å². The monoisotopic (exact) mass is 315 g/mol. The van der Waals surface area contributed by atoms with E-state index < -0.39 is 0 Å². The quantitative estimate of drug-likeness (QED) is 0.668. The molecule has 1 aliphatic carbocycles. The molecule has 3 aliphatic rings. The maximum absolute atomic E-state index is 5.68. The van der Waals surface area contributed by atoms with Crippen LogP contribution in [0.2, 0.25) is 0 Å². The molecule has 23 heavy (non-hydrogen) atoms. The van der Waals surface area contributed by atoms with Gasteiger partial charge in [-0.3, -0.25) is 15.1 Å². The average Bonchev–Trinajstić information content (AvgIpc) is 3.02. The Kier molecular flexibility index (Phi) is 4.57. The Morgan fingerprint density at radius 2 is 2.09 bits per heavy atom. The van der Waals surface area contributed by atoms with Crippen molar-refractivity contribution in [1.29, 1.82) is 0 Å². The van der Waals surface area contributed by atoms with E-state index >= 15 is 0 Å². The minimum Gasteiger partial charge on any atom is -0.369 e. The third-order valence-corrected chi connectivity index (χ3v) is 4.92. The SMILES string of the molecule is c1cc(C2NOC(C3CCC3)N2)ccc1CNC1=NCCNC1. The molecule has 1 saturated carbocycles. The van der Waals surface area contributed by atoms with Crippen LogP contribution in [0.3, 0.4) is 0 Å². The molecule has 6 nitrogen and oxygen atoms in total. The van der Waals surface area contributed by atoms with Crippen LogP contribution in [0.1, 0.15) is 36.6 Å². The van der Waals surface area contributed by atoms with E-state index in [0.717, 1.165) is 32.0 Å². The number of rotatable bonds is 4. The molecule has 4 N–H and O–H groups in total. The Bertz CT molecular complexity index is 555. The van der Waals surface area contributed by atoms with E-state index in [2.05, 4.69) is 50.7 Å². The summed E-state index contributed by atoms with van der Waals surface area (Å²) in [6.45, 7) is 3.50. The summed E-state index contributed by atoms with van der Waals surface area (Å²) in [5.74, 6) is 1.72.